The molecular formula is C8H9BrN2O2S. The van der Waals surface area contributed by atoms with Crippen molar-refractivity contribution < 1.29 is 4.92 Å². The van der Waals surface area contributed by atoms with Crippen molar-refractivity contribution >= 4 is 38.0 Å². The third-order valence-corrected chi connectivity index (χ3v) is 3.94. The molecular weight excluding hydrogens is 268 g/mol. The minimum atomic E-state index is -0.311. The van der Waals surface area contributed by atoms with Crippen molar-refractivity contribution in [3.8, 4) is 0 Å². The molecule has 1 aliphatic rings. The fraction of sp³-hybridized carbons (Fsp3) is 0.500. The molecule has 1 aromatic heterocycles. The highest BCUT2D eigenvalue weighted by atomic mass is 79.9. The van der Waals surface area contributed by atoms with Gasteiger partial charge in [0.15, 0.2) is 5.00 Å². The van der Waals surface area contributed by atoms with Gasteiger partial charge < -0.3 is 4.90 Å². The third kappa shape index (κ3) is 1.76. The molecule has 2 rings (SSSR count). The molecule has 0 aromatic carbocycles. The van der Waals surface area contributed by atoms with Gasteiger partial charge >= 0.3 is 5.69 Å². The molecule has 0 saturated carbocycles. The summed E-state index contributed by atoms with van der Waals surface area (Å²) in [4.78, 5) is 12.5. The standard InChI is InChI=1S/C8H9BrN2O2S/c9-7-5-6(11(12)13)8(14-7)10-3-1-2-4-10/h5H,1-4H2. The Hall–Kier alpha value is -0.620. The first kappa shape index (κ1) is 9.92. The maximum Gasteiger partial charge on any atom is 0.304 e. The van der Waals surface area contributed by atoms with Crippen LogP contribution in [0.5, 0.6) is 0 Å². The van der Waals surface area contributed by atoms with Gasteiger partial charge in [-0.15, -0.1) is 11.3 Å². The van der Waals surface area contributed by atoms with Gasteiger partial charge in [-0.25, -0.2) is 0 Å². The second kappa shape index (κ2) is 3.86. The van der Waals surface area contributed by atoms with Crippen molar-refractivity contribution in [3.63, 3.8) is 0 Å². The predicted molar refractivity (Wildman–Crippen MR) is 60.1 cm³/mol. The first-order valence-corrected chi connectivity index (χ1v) is 5.98. The normalized spacial score (nSPS) is 16.2. The van der Waals surface area contributed by atoms with E-state index in [-0.39, 0.29) is 10.6 Å². The van der Waals surface area contributed by atoms with Crippen LogP contribution in [0.15, 0.2) is 9.85 Å². The van der Waals surface area contributed by atoms with Gasteiger partial charge in [-0.2, -0.15) is 0 Å². The molecule has 0 N–H and O–H groups in total. The molecule has 1 fully saturated rings. The Morgan fingerprint density at radius 3 is 2.71 bits per heavy atom. The van der Waals surface area contributed by atoms with Crippen LogP contribution in [-0.4, -0.2) is 18.0 Å². The number of thiophene rings is 1. The van der Waals surface area contributed by atoms with E-state index in [0.717, 1.165) is 34.7 Å². The van der Waals surface area contributed by atoms with Gasteiger partial charge in [-0.3, -0.25) is 10.1 Å². The van der Waals surface area contributed by atoms with E-state index in [9.17, 15) is 10.1 Å². The number of nitrogens with zero attached hydrogens (tertiary/aromatic N) is 2. The topological polar surface area (TPSA) is 46.4 Å². The molecule has 0 atom stereocenters. The Bertz CT molecular complexity index is 360. The van der Waals surface area contributed by atoms with Crippen LogP contribution < -0.4 is 4.90 Å². The summed E-state index contributed by atoms with van der Waals surface area (Å²) in [5.74, 6) is 0. The van der Waals surface area contributed by atoms with Crippen LogP contribution in [-0.2, 0) is 0 Å². The summed E-state index contributed by atoms with van der Waals surface area (Å²) in [5, 5.41) is 11.5. The minimum absolute atomic E-state index is 0.226. The van der Waals surface area contributed by atoms with Crippen molar-refractivity contribution in [3.05, 3.63) is 20.0 Å². The molecule has 14 heavy (non-hydrogen) atoms. The van der Waals surface area contributed by atoms with Crippen LogP contribution in [0.1, 0.15) is 12.8 Å². The Morgan fingerprint density at radius 1 is 1.50 bits per heavy atom. The number of nitro groups is 1. The van der Waals surface area contributed by atoms with E-state index in [1.807, 2.05) is 0 Å². The third-order valence-electron chi connectivity index (χ3n) is 2.25. The Balaban J connectivity index is 2.35. The zero-order chi connectivity index (χ0) is 10.1. The maximum atomic E-state index is 10.8. The quantitative estimate of drug-likeness (QED) is 0.616. The van der Waals surface area contributed by atoms with Crippen LogP contribution in [0.2, 0.25) is 0 Å². The fourth-order valence-electron chi connectivity index (χ4n) is 1.62. The van der Waals surface area contributed by atoms with Crippen LogP contribution in [0.4, 0.5) is 10.7 Å². The molecule has 0 spiro atoms. The van der Waals surface area contributed by atoms with E-state index in [4.69, 9.17) is 0 Å². The largest absolute Gasteiger partial charge is 0.358 e. The average Bonchev–Trinajstić information content (AvgIpc) is 2.70. The lowest BCUT2D eigenvalue weighted by molar-refractivity contribution is -0.383. The zero-order valence-corrected chi connectivity index (χ0v) is 9.81. The summed E-state index contributed by atoms with van der Waals surface area (Å²) in [6, 6.07) is 1.58. The lowest BCUT2D eigenvalue weighted by atomic mass is 10.4. The van der Waals surface area contributed by atoms with Crippen molar-refractivity contribution in [2.75, 3.05) is 18.0 Å². The summed E-state index contributed by atoms with van der Waals surface area (Å²) in [5.41, 5.74) is 0.226. The molecule has 0 aliphatic carbocycles. The highest BCUT2D eigenvalue weighted by Crippen LogP contribution is 2.41. The Morgan fingerprint density at radius 2 is 2.14 bits per heavy atom. The molecule has 1 aliphatic heterocycles. The number of rotatable bonds is 2. The summed E-state index contributed by atoms with van der Waals surface area (Å²) < 4.78 is 0.825. The number of hydrogen-bond acceptors (Lipinski definition) is 4. The van der Waals surface area contributed by atoms with Crippen LogP contribution in [0.3, 0.4) is 0 Å². The molecule has 1 saturated heterocycles. The predicted octanol–water partition coefficient (Wildman–Crippen LogP) is 3.02. The van der Waals surface area contributed by atoms with E-state index in [2.05, 4.69) is 20.8 Å². The monoisotopic (exact) mass is 276 g/mol. The van der Waals surface area contributed by atoms with Crippen molar-refractivity contribution in [1.82, 2.24) is 0 Å². The summed E-state index contributed by atoms with van der Waals surface area (Å²) in [7, 11) is 0. The summed E-state index contributed by atoms with van der Waals surface area (Å²) in [6.45, 7) is 1.88. The van der Waals surface area contributed by atoms with Crippen molar-refractivity contribution in [2.45, 2.75) is 12.8 Å². The number of halogens is 1. The van der Waals surface area contributed by atoms with Gasteiger partial charge in [-0.05, 0) is 28.8 Å². The van der Waals surface area contributed by atoms with Crippen molar-refractivity contribution in [2.24, 2.45) is 0 Å². The minimum Gasteiger partial charge on any atom is -0.358 e. The van der Waals surface area contributed by atoms with Gasteiger partial charge in [0.2, 0.25) is 0 Å². The summed E-state index contributed by atoms with van der Waals surface area (Å²) >= 11 is 4.73. The van der Waals surface area contributed by atoms with E-state index < -0.39 is 0 Å². The molecule has 1 aromatic rings. The summed E-state index contributed by atoms with van der Waals surface area (Å²) in [6.07, 6.45) is 2.26. The van der Waals surface area contributed by atoms with Gasteiger partial charge in [0.05, 0.1) is 8.71 Å². The number of hydrogen-bond donors (Lipinski definition) is 0. The second-order valence-electron chi connectivity index (χ2n) is 3.19. The van der Waals surface area contributed by atoms with E-state index in [1.165, 1.54) is 11.3 Å². The van der Waals surface area contributed by atoms with E-state index in [0.29, 0.717) is 0 Å². The lowest BCUT2D eigenvalue weighted by Gasteiger charge is -2.13. The lowest BCUT2D eigenvalue weighted by Crippen LogP contribution is -2.17. The highest BCUT2D eigenvalue weighted by molar-refractivity contribution is 9.11. The molecule has 6 heteroatoms. The van der Waals surface area contributed by atoms with Crippen LogP contribution >= 0.6 is 27.3 Å². The second-order valence-corrected chi connectivity index (χ2v) is 5.60. The molecule has 0 radical (unpaired) electrons. The van der Waals surface area contributed by atoms with Gasteiger partial charge in [0.25, 0.3) is 0 Å². The Labute approximate surface area is 93.8 Å². The number of anilines is 1. The molecule has 0 unspecified atom stereocenters. The van der Waals surface area contributed by atoms with Crippen molar-refractivity contribution in [1.29, 1.82) is 0 Å². The molecule has 4 nitrogen and oxygen atoms in total. The van der Waals surface area contributed by atoms with E-state index >= 15 is 0 Å². The molecule has 76 valence electrons. The fourth-order valence-corrected chi connectivity index (χ4v) is 3.20. The van der Waals surface area contributed by atoms with Gasteiger partial charge in [-0.1, -0.05) is 0 Å². The highest BCUT2D eigenvalue weighted by Gasteiger charge is 2.25. The first-order chi connectivity index (χ1) is 6.68. The van der Waals surface area contributed by atoms with Crippen LogP contribution in [0.25, 0.3) is 0 Å². The van der Waals surface area contributed by atoms with Gasteiger partial charge in [0.1, 0.15) is 0 Å². The average molecular weight is 277 g/mol. The Kier molecular flexibility index (Phi) is 2.73. The van der Waals surface area contributed by atoms with E-state index in [1.54, 1.807) is 6.07 Å². The SMILES string of the molecule is O=[N+]([O-])c1cc(Br)sc1N1CCCC1. The maximum absolute atomic E-state index is 10.8. The zero-order valence-electron chi connectivity index (χ0n) is 7.40. The molecule has 0 bridgehead atoms. The van der Waals surface area contributed by atoms with Gasteiger partial charge in [0, 0.05) is 19.2 Å². The molecule has 2 heterocycles. The smallest absolute Gasteiger partial charge is 0.304 e. The molecule has 0 amide bonds. The van der Waals surface area contributed by atoms with Crippen LogP contribution in [0, 0.1) is 10.1 Å². The first-order valence-electron chi connectivity index (χ1n) is 4.37.